The van der Waals surface area contributed by atoms with Crippen LogP contribution < -0.4 is 5.32 Å². The van der Waals surface area contributed by atoms with Gasteiger partial charge in [0.2, 0.25) is 5.91 Å². The van der Waals surface area contributed by atoms with E-state index < -0.39 is 11.7 Å². The van der Waals surface area contributed by atoms with Crippen molar-refractivity contribution >= 4 is 18.3 Å². The van der Waals surface area contributed by atoms with Crippen LogP contribution in [0, 0.1) is 5.92 Å². The van der Waals surface area contributed by atoms with Crippen LogP contribution in [0.4, 0.5) is 13.2 Å². The molecule has 0 radical (unpaired) electrons. The molecule has 0 saturated carbocycles. The molecular weight excluding hydrogens is 341 g/mol. The molecule has 24 heavy (non-hydrogen) atoms. The predicted molar refractivity (Wildman–Crippen MR) is 90.1 cm³/mol. The fraction of sp³-hybridized carbons (Fsp3) is 0.588. The van der Waals surface area contributed by atoms with Crippen LogP contribution in [0.1, 0.15) is 43.9 Å². The topological polar surface area (TPSA) is 32.3 Å². The summed E-state index contributed by atoms with van der Waals surface area (Å²) in [7, 11) is 0. The lowest BCUT2D eigenvalue weighted by molar-refractivity contribution is -0.138. The van der Waals surface area contributed by atoms with Crippen molar-refractivity contribution < 1.29 is 18.0 Å². The van der Waals surface area contributed by atoms with Crippen molar-refractivity contribution in [3.05, 3.63) is 35.4 Å². The number of hydrogen-bond acceptors (Lipinski definition) is 2. The van der Waals surface area contributed by atoms with E-state index in [1.54, 1.807) is 17.9 Å². The number of nitrogens with zero attached hydrogens (tertiary/aromatic N) is 1. The second-order valence-corrected chi connectivity index (χ2v) is 5.97. The molecule has 3 nitrogen and oxygen atoms in total. The Balaban J connectivity index is 0.00000288. The Morgan fingerprint density at radius 1 is 1.42 bits per heavy atom. The summed E-state index contributed by atoms with van der Waals surface area (Å²) in [6.07, 6.45) is -2.59. The highest BCUT2D eigenvalue weighted by molar-refractivity contribution is 5.85. The highest BCUT2D eigenvalue weighted by atomic mass is 35.5. The quantitative estimate of drug-likeness (QED) is 0.874. The predicted octanol–water partition coefficient (Wildman–Crippen LogP) is 4.04. The monoisotopic (exact) mass is 364 g/mol. The molecule has 1 fully saturated rings. The molecule has 1 aromatic rings. The number of benzene rings is 1. The van der Waals surface area contributed by atoms with Crippen LogP contribution in [0.3, 0.4) is 0 Å². The Bertz CT molecular complexity index is 545. The Morgan fingerprint density at radius 2 is 2.12 bits per heavy atom. The lowest BCUT2D eigenvalue weighted by Crippen LogP contribution is -2.44. The van der Waals surface area contributed by atoms with Gasteiger partial charge in [-0.1, -0.05) is 12.1 Å². The molecule has 0 spiro atoms. The van der Waals surface area contributed by atoms with E-state index in [1.807, 2.05) is 6.92 Å². The van der Waals surface area contributed by atoms with E-state index in [-0.39, 0.29) is 30.3 Å². The van der Waals surface area contributed by atoms with E-state index in [4.69, 9.17) is 0 Å². The van der Waals surface area contributed by atoms with Crippen molar-refractivity contribution in [1.82, 2.24) is 10.2 Å². The molecule has 1 aliphatic heterocycles. The van der Waals surface area contributed by atoms with Crippen LogP contribution in [0.5, 0.6) is 0 Å². The highest BCUT2D eigenvalue weighted by Gasteiger charge is 2.32. The van der Waals surface area contributed by atoms with Crippen molar-refractivity contribution in [1.29, 1.82) is 0 Å². The standard InChI is InChI=1S/C17H23F3N2O.ClH/c1-3-22(16(23)14-7-5-9-21-11-14)12(2)13-6-4-8-15(10-13)17(18,19)20;/h4,6,8,10,12,14,21H,3,5,7,9,11H2,1-2H3;1H. The minimum atomic E-state index is -4.37. The Labute approximate surface area is 147 Å². The third kappa shape index (κ3) is 4.86. The summed E-state index contributed by atoms with van der Waals surface area (Å²) in [5.74, 6) is -0.0680. The average Bonchev–Trinajstić information content (AvgIpc) is 2.55. The van der Waals surface area contributed by atoms with Gasteiger partial charge in [-0.05, 0) is 50.9 Å². The van der Waals surface area contributed by atoms with Crippen molar-refractivity contribution in [2.45, 2.75) is 38.9 Å². The second kappa shape index (κ2) is 8.72. The summed E-state index contributed by atoms with van der Waals surface area (Å²) in [5.41, 5.74) is -0.163. The van der Waals surface area contributed by atoms with Gasteiger partial charge in [0.25, 0.3) is 0 Å². The summed E-state index contributed by atoms with van der Waals surface area (Å²) in [5, 5.41) is 3.21. The van der Waals surface area contributed by atoms with Gasteiger partial charge in [0.05, 0.1) is 17.5 Å². The number of nitrogens with one attached hydrogen (secondary N) is 1. The molecule has 7 heteroatoms. The van der Waals surface area contributed by atoms with E-state index >= 15 is 0 Å². The summed E-state index contributed by atoms with van der Waals surface area (Å²) in [4.78, 5) is 14.4. The zero-order valence-electron chi connectivity index (χ0n) is 13.9. The second-order valence-electron chi connectivity index (χ2n) is 5.97. The summed E-state index contributed by atoms with van der Waals surface area (Å²) >= 11 is 0. The molecule has 2 rings (SSSR count). The Morgan fingerprint density at radius 3 is 2.67 bits per heavy atom. The van der Waals surface area contributed by atoms with E-state index in [1.165, 1.54) is 6.07 Å². The van der Waals surface area contributed by atoms with Crippen LogP contribution in [-0.2, 0) is 11.0 Å². The molecule has 1 aliphatic rings. The fourth-order valence-electron chi connectivity index (χ4n) is 3.07. The van der Waals surface area contributed by atoms with Gasteiger partial charge in [-0.15, -0.1) is 12.4 Å². The maximum atomic E-state index is 12.9. The number of alkyl halides is 3. The van der Waals surface area contributed by atoms with E-state index in [9.17, 15) is 18.0 Å². The number of halogens is 4. The largest absolute Gasteiger partial charge is 0.416 e. The molecular formula is C17H24ClF3N2O. The average molecular weight is 365 g/mol. The van der Waals surface area contributed by atoms with E-state index in [2.05, 4.69) is 5.32 Å². The maximum absolute atomic E-state index is 12.9. The Kier molecular flexibility index (Phi) is 7.55. The Hall–Kier alpha value is -1.27. The molecule has 0 bridgehead atoms. The highest BCUT2D eigenvalue weighted by Crippen LogP contribution is 2.32. The molecule has 0 aliphatic carbocycles. The van der Waals surface area contributed by atoms with E-state index in [0.717, 1.165) is 31.5 Å². The summed E-state index contributed by atoms with van der Waals surface area (Å²) in [6.45, 7) is 5.68. The number of piperidine rings is 1. The zero-order valence-corrected chi connectivity index (χ0v) is 14.7. The molecule has 1 N–H and O–H groups in total. The van der Waals surface area contributed by atoms with Gasteiger partial charge in [0, 0.05) is 13.1 Å². The molecule has 1 amide bonds. The normalized spacial score (nSPS) is 19.3. The van der Waals surface area contributed by atoms with Gasteiger partial charge in [-0.25, -0.2) is 0 Å². The third-order valence-corrected chi connectivity index (χ3v) is 4.43. The molecule has 2 atom stereocenters. The van der Waals surface area contributed by atoms with E-state index in [0.29, 0.717) is 18.7 Å². The molecule has 2 unspecified atom stereocenters. The number of carbonyl (C=O) groups is 1. The minimum absolute atomic E-state index is 0. The fourth-order valence-corrected chi connectivity index (χ4v) is 3.07. The smallest absolute Gasteiger partial charge is 0.336 e. The number of rotatable bonds is 4. The summed E-state index contributed by atoms with van der Waals surface area (Å²) in [6, 6.07) is 4.86. The zero-order chi connectivity index (χ0) is 17.0. The van der Waals surface area contributed by atoms with Crippen molar-refractivity contribution in [2.75, 3.05) is 19.6 Å². The molecule has 1 heterocycles. The van der Waals surface area contributed by atoms with Crippen LogP contribution in [0.25, 0.3) is 0 Å². The van der Waals surface area contributed by atoms with Gasteiger partial charge in [-0.3, -0.25) is 4.79 Å². The van der Waals surface area contributed by atoms with Crippen LogP contribution in [-0.4, -0.2) is 30.4 Å². The van der Waals surface area contributed by atoms with Gasteiger partial charge in [-0.2, -0.15) is 13.2 Å². The molecule has 1 aromatic carbocycles. The van der Waals surface area contributed by atoms with Crippen molar-refractivity contribution in [3.8, 4) is 0 Å². The van der Waals surface area contributed by atoms with Gasteiger partial charge in [0.15, 0.2) is 0 Å². The summed E-state index contributed by atoms with van der Waals surface area (Å²) < 4.78 is 38.6. The first kappa shape index (κ1) is 20.8. The first-order valence-corrected chi connectivity index (χ1v) is 8.03. The van der Waals surface area contributed by atoms with Gasteiger partial charge >= 0.3 is 6.18 Å². The van der Waals surface area contributed by atoms with Gasteiger partial charge < -0.3 is 10.2 Å². The van der Waals surface area contributed by atoms with Crippen molar-refractivity contribution in [3.63, 3.8) is 0 Å². The molecule has 136 valence electrons. The minimum Gasteiger partial charge on any atom is -0.336 e. The first-order chi connectivity index (χ1) is 10.8. The van der Waals surface area contributed by atoms with Crippen LogP contribution in [0.2, 0.25) is 0 Å². The first-order valence-electron chi connectivity index (χ1n) is 8.03. The number of hydrogen-bond donors (Lipinski definition) is 1. The van der Waals surface area contributed by atoms with Gasteiger partial charge in [0.1, 0.15) is 0 Å². The molecule has 0 aromatic heterocycles. The number of amides is 1. The maximum Gasteiger partial charge on any atom is 0.416 e. The lowest BCUT2D eigenvalue weighted by atomic mass is 9.96. The molecule has 1 saturated heterocycles. The SMILES string of the molecule is CCN(C(=O)C1CCCNC1)C(C)c1cccc(C(F)(F)F)c1.Cl. The lowest BCUT2D eigenvalue weighted by Gasteiger charge is -2.33. The number of carbonyl (C=O) groups excluding carboxylic acids is 1. The van der Waals surface area contributed by atoms with Crippen LogP contribution >= 0.6 is 12.4 Å². The van der Waals surface area contributed by atoms with Crippen LogP contribution in [0.15, 0.2) is 24.3 Å². The van der Waals surface area contributed by atoms with Crippen molar-refractivity contribution in [2.24, 2.45) is 5.92 Å². The third-order valence-electron chi connectivity index (χ3n) is 4.43.